The van der Waals surface area contributed by atoms with Crippen molar-refractivity contribution in [3.05, 3.63) is 28.9 Å². The molecule has 52 valence electrons. The summed E-state index contributed by atoms with van der Waals surface area (Å²) in [5.74, 6) is -0.266. The summed E-state index contributed by atoms with van der Waals surface area (Å²) in [6, 6.07) is 0. The molecule has 10 heavy (non-hydrogen) atoms. The molecule has 1 heterocycles. The predicted octanol–water partition coefficient (Wildman–Crippen LogP) is 1.40. The van der Waals surface area contributed by atoms with E-state index in [1.54, 1.807) is 11.6 Å². The first-order valence-corrected chi connectivity index (χ1v) is 3.47. The van der Waals surface area contributed by atoms with Crippen LogP contribution in [0.25, 0.3) is 0 Å². The number of aliphatic hydroxyl groups is 1. The number of nitrogens with zero attached hydrogens (tertiary/aromatic N) is 1. The Morgan fingerprint density at radius 2 is 2.60 bits per heavy atom. The summed E-state index contributed by atoms with van der Waals surface area (Å²) in [7, 11) is 0. The number of hydrogen-bond acceptors (Lipinski definition) is 4. The minimum absolute atomic E-state index is 0.266. The Kier molecular flexibility index (Phi) is 2.17. The Hall–Kier alpha value is -1.16. The van der Waals surface area contributed by atoms with E-state index in [0.717, 1.165) is 6.08 Å². The Labute approximate surface area is 61.7 Å². The fourth-order valence-electron chi connectivity index (χ4n) is 0.484. The average Bonchev–Trinajstić information content (AvgIpc) is 2.38. The summed E-state index contributed by atoms with van der Waals surface area (Å²) in [5, 5.41) is 10.3. The molecular weight excluding hydrogens is 150 g/mol. The minimum atomic E-state index is -0.266. The quantitative estimate of drug-likeness (QED) is 0.399. The number of thiazole rings is 1. The van der Waals surface area contributed by atoms with Gasteiger partial charge >= 0.3 is 0 Å². The minimum Gasteiger partial charge on any atom is -0.515 e. The SMILES string of the molecule is O=C(/C=C/O)c1nccs1. The van der Waals surface area contributed by atoms with Gasteiger partial charge < -0.3 is 5.11 Å². The summed E-state index contributed by atoms with van der Waals surface area (Å²) in [5.41, 5.74) is 0. The molecule has 1 aromatic rings. The van der Waals surface area contributed by atoms with E-state index in [9.17, 15) is 4.79 Å². The van der Waals surface area contributed by atoms with Crippen molar-refractivity contribution in [2.24, 2.45) is 0 Å². The lowest BCUT2D eigenvalue weighted by atomic mass is 10.4. The average molecular weight is 155 g/mol. The Balaban J connectivity index is 2.78. The summed E-state index contributed by atoms with van der Waals surface area (Å²) in [6.45, 7) is 0. The first-order valence-electron chi connectivity index (χ1n) is 2.59. The largest absolute Gasteiger partial charge is 0.515 e. The van der Waals surface area contributed by atoms with Crippen LogP contribution < -0.4 is 0 Å². The van der Waals surface area contributed by atoms with Gasteiger partial charge in [-0.3, -0.25) is 4.79 Å². The number of allylic oxidation sites excluding steroid dienone is 1. The van der Waals surface area contributed by atoms with Crippen LogP contribution in [0.1, 0.15) is 9.80 Å². The van der Waals surface area contributed by atoms with Crippen molar-refractivity contribution in [1.29, 1.82) is 0 Å². The second kappa shape index (κ2) is 3.12. The number of rotatable bonds is 2. The maximum atomic E-state index is 10.8. The van der Waals surface area contributed by atoms with E-state index in [1.807, 2.05) is 0 Å². The lowest BCUT2D eigenvalue weighted by molar-refractivity contribution is 0.104. The van der Waals surface area contributed by atoms with Gasteiger partial charge in [-0.25, -0.2) is 4.98 Å². The lowest BCUT2D eigenvalue weighted by Gasteiger charge is -1.81. The molecule has 0 radical (unpaired) electrons. The highest BCUT2D eigenvalue weighted by Gasteiger charge is 2.02. The molecule has 0 bridgehead atoms. The fraction of sp³-hybridized carbons (Fsp3) is 0. The summed E-state index contributed by atoms with van der Waals surface area (Å²) >= 11 is 1.25. The first-order chi connectivity index (χ1) is 4.84. The molecule has 4 heteroatoms. The molecule has 0 saturated carbocycles. The van der Waals surface area contributed by atoms with Crippen molar-refractivity contribution in [3.63, 3.8) is 0 Å². The zero-order valence-corrected chi connectivity index (χ0v) is 5.84. The second-order valence-corrected chi connectivity index (χ2v) is 2.41. The van der Waals surface area contributed by atoms with Crippen LogP contribution in [0.2, 0.25) is 0 Å². The van der Waals surface area contributed by atoms with Gasteiger partial charge in [0, 0.05) is 17.7 Å². The van der Waals surface area contributed by atoms with E-state index in [-0.39, 0.29) is 5.78 Å². The topological polar surface area (TPSA) is 50.2 Å². The van der Waals surface area contributed by atoms with Gasteiger partial charge in [-0.1, -0.05) is 0 Å². The molecule has 0 unspecified atom stereocenters. The fourth-order valence-corrected chi connectivity index (χ4v) is 1.04. The number of hydrogen-bond donors (Lipinski definition) is 1. The van der Waals surface area contributed by atoms with Crippen LogP contribution in [0.4, 0.5) is 0 Å². The summed E-state index contributed by atoms with van der Waals surface area (Å²) < 4.78 is 0. The van der Waals surface area contributed by atoms with Gasteiger partial charge in [-0.15, -0.1) is 11.3 Å². The third-order valence-corrected chi connectivity index (χ3v) is 1.66. The van der Waals surface area contributed by atoms with Crippen LogP contribution in [0.15, 0.2) is 23.9 Å². The normalized spacial score (nSPS) is 10.4. The third-order valence-electron chi connectivity index (χ3n) is 0.869. The van der Waals surface area contributed by atoms with E-state index in [0.29, 0.717) is 11.3 Å². The molecular formula is C6H5NO2S. The standard InChI is InChI=1S/C6H5NO2S/c8-3-1-5(9)6-7-2-4-10-6/h1-4,8H/b3-1+. The van der Waals surface area contributed by atoms with Gasteiger partial charge in [-0.2, -0.15) is 0 Å². The predicted molar refractivity (Wildman–Crippen MR) is 38.2 cm³/mol. The van der Waals surface area contributed by atoms with E-state index in [1.165, 1.54) is 11.3 Å². The smallest absolute Gasteiger partial charge is 0.217 e. The number of carbonyl (C=O) groups is 1. The Bertz CT molecular complexity index is 240. The lowest BCUT2D eigenvalue weighted by Crippen LogP contribution is -1.91. The van der Waals surface area contributed by atoms with Crippen molar-refractivity contribution < 1.29 is 9.90 Å². The molecule has 0 spiro atoms. The van der Waals surface area contributed by atoms with Crippen LogP contribution in [0.5, 0.6) is 0 Å². The first kappa shape index (κ1) is 6.95. The van der Waals surface area contributed by atoms with E-state index >= 15 is 0 Å². The van der Waals surface area contributed by atoms with Gasteiger partial charge in [0.25, 0.3) is 0 Å². The van der Waals surface area contributed by atoms with Crippen LogP contribution in [0, 0.1) is 0 Å². The van der Waals surface area contributed by atoms with Crippen LogP contribution in [-0.2, 0) is 0 Å². The van der Waals surface area contributed by atoms with Gasteiger partial charge in [0.05, 0.1) is 6.26 Å². The number of aromatic nitrogens is 1. The van der Waals surface area contributed by atoms with Gasteiger partial charge in [-0.05, 0) is 0 Å². The van der Waals surface area contributed by atoms with Crippen molar-refractivity contribution >= 4 is 17.1 Å². The third kappa shape index (κ3) is 1.41. The Morgan fingerprint density at radius 1 is 1.80 bits per heavy atom. The molecule has 0 fully saturated rings. The zero-order valence-electron chi connectivity index (χ0n) is 5.02. The van der Waals surface area contributed by atoms with E-state index < -0.39 is 0 Å². The van der Waals surface area contributed by atoms with Gasteiger partial charge in [0.1, 0.15) is 0 Å². The summed E-state index contributed by atoms with van der Waals surface area (Å²) in [4.78, 5) is 14.5. The molecule has 0 aliphatic rings. The Morgan fingerprint density at radius 3 is 3.10 bits per heavy atom. The van der Waals surface area contributed by atoms with Crippen molar-refractivity contribution in [2.75, 3.05) is 0 Å². The zero-order chi connectivity index (χ0) is 7.40. The summed E-state index contributed by atoms with van der Waals surface area (Å²) in [6.07, 6.45) is 3.33. The monoisotopic (exact) mass is 155 g/mol. The van der Waals surface area contributed by atoms with Crippen molar-refractivity contribution in [3.8, 4) is 0 Å². The van der Waals surface area contributed by atoms with Crippen molar-refractivity contribution in [1.82, 2.24) is 4.98 Å². The maximum absolute atomic E-state index is 10.8. The van der Waals surface area contributed by atoms with Crippen LogP contribution >= 0.6 is 11.3 Å². The van der Waals surface area contributed by atoms with Gasteiger partial charge in [0.2, 0.25) is 5.78 Å². The van der Waals surface area contributed by atoms with E-state index in [4.69, 9.17) is 5.11 Å². The van der Waals surface area contributed by atoms with Crippen LogP contribution in [0.3, 0.4) is 0 Å². The second-order valence-electron chi connectivity index (χ2n) is 1.52. The molecule has 0 amide bonds. The maximum Gasteiger partial charge on any atom is 0.217 e. The number of carbonyl (C=O) groups excluding carboxylic acids is 1. The molecule has 0 saturated heterocycles. The number of ketones is 1. The molecule has 3 nitrogen and oxygen atoms in total. The molecule has 1 rings (SSSR count). The molecule has 0 atom stereocenters. The molecule has 1 N–H and O–H groups in total. The van der Waals surface area contributed by atoms with E-state index in [2.05, 4.69) is 4.98 Å². The molecule has 1 aromatic heterocycles. The molecule has 0 aliphatic carbocycles. The molecule has 0 aliphatic heterocycles. The highest BCUT2D eigenvalue weighted by atomic mass is 32.1. The highest BCUT2D eigenvalue weighted by molar-refractivity contribution is 7.11. The highest BCUT2D eigenvalue weighted by Crippen LogP contribution is 2.04. The van der Waals surface area contributed by atoms with Gasteiger partial charge in [0.15, 0.2) is 5.01 Å². The molecule has 0 aromatic carbocycles. The number of aliphatic hydroxyl groups excluding tert-OH is 1. The van der Waals surface area contributed by atoms with Crippen LogP contribution in [-0.4, -0.2) is 15.9 Å². The van der Waals surface area contributed by atoms with Crippen molar-refractivity contribution in [2.45, 2.75) is 0 Å².